The number of amides is 1. The Bertz CT molecular complexity index is 876. The summed E-state index contributed by atoms with van der Waals surface area (Å²) in [6.45, 7) is 8.32. The molecule has 0 unspecified atom stereocenters. The molecule has 1 saturated heterocycles. The Balaban J connectivity index is 1.60. The van der Waals surface area contributed by atoms with Gasteiger partial charge in [-0.2, -0.15) is 0 Å². The zero-order chi connectivity index (χ0) is 20.3. The van der Waals surface area contributed by atoms with Crippen molar-refractivity contribution in [3.8, 4) is 0 Å². The smallest absolute Gasteiger partial charge is 0.410 e. The predicted octanol–water partition coefficient (Wildman–Crippen LogP) is 3.63. The van der Waals surface area contributed by atoms with Crippen LogP contribution in [0.15, 0.2) is 24.3 Å². The number of hydrogen-bond donors (Lipinski definition) is 0. The maximum Gasteiger partial charge on any atom is 0.410 e. The quantitative estimate of drug-likeness (QED) is 0.751. The molecule has 2 heterocycles. The van der Waals surface area contributed by atoms with Crippen molar-refractivity contribution in [2.45, 2.75) is 52.7 Å². The van der Waals surface area contributed by atoms with Crippen LogP contribution in [-0.2, 0) is 20.9 Å². The number of benzene rings is 1. The van der Waals surface area contributed by atoms with Crippen LogP contribution in [0.1, 0.15) is 45.0 Å². The Hall–Kier alpha value is -2.70. The van der Waals surface area contributed by atoms with Gasteiger partial charge in [0.2, 0.25) is 0 Å². The molecule has 2 aromatic rings. The molecule has 1 aliphatic rings. The van der Waals surface area contributed by atoms with Gasteiger partial charge in [-0.3, -0.25) is 4.79 Å². The van der Waals surface area contributed by atoms with Gasteiger partial charge >= 0.3 is 12.1 Å². The molecular weight excluding hydrogens is 358 g/mol. The van der Waals surface area contributed by atoms with Crippen molar-refractivity contribution in [1.29, 1.82) is 0 Å². The highest BCUT2D eigenvalue weighted by Gasteiger charge is 2.32. The SMILES string of the molecule is Cc1nc2ccccc2nc1COC(=O)[C@H]1CCCN(C(=O)OC(C)(C)C)C1. The van der Waals surface area contributed by atoms with Gasteiger partial charge in [0, 0.05) is 13.1 Å². The summed E-state index contributed by atoms with van der Waals surface area (Å²) in [4.78, 5) is 35.5. The molecule has 1 aromatic heterocycles. The molecule has 1 fully saturated rings. The fourth-order valence-electron chi connectivity index (χ4n) is 3.18. The van der Waals surface area contributed by atoms with Crippen LogP contribution >= 0.6 is 0 Å². The summed E-state index contributed by atoms with van der Waals surface area (Å²) in [6.07, 6.45) is 1.05. The molecule has 3 rings (SSSR count). The highest BCUT2D eigenvalue weighted by Crippen LogP contribution is 2.21. The monoisotopic (exact) mass is 385 g/mol. The first kappa shape index (κ1) is 20.0. The fraction of sp³-hybridized carbons (Fsp3) is 0.524. The minimum atomic E-state index is -0.559. The van der Waals surface area contributed by atoms with Crippen molar-refractivity contribution >= 4 is 23.1 Å². The Morgan fingerprint density at radius 2 is 1.86 bits per heavy atom. The van der Waals surface area contributed by atoms with E-state index in [1.54, 1.807) is 4.90 Å². The summed E-state index contributed by atoms with van der Waals surface area (Å²) in [5.41, 5.74) is 2.41. The molecule has 0 bridgehead atoms. The fourth-order valence-corrected chi connectivity index (χ4v) is 3.18. The molecule has 7 heteroatoms. The van der Waals surface area contributed by atoms with Crippen LogP contribution in [0.4, 0.5) is 4.79 Å². The second-order valence-corrected chi connectivity index (χ2v) is 8.12. The third-order valence-electron chi connectivity index (χ3n) is 4.60. The number of rotatable bonds is 3. The van der Waals surface area contributed by atoms with Crippen LogP contribution in [0.5, 0.6) is 0 Å². The van der Waals surface area contributed by atoms with Crippen LogP contribution in [0.2, 0.25) is 0 Å². The third-order valence-corrected chi connectivity index (χ3v) is 4.60. The lowest BCUT2D eigenvalue weighted by Gasteiger charge is -2.33. The van der Waals surface area contributed by atoms with Gasteiger partial charge in [-0.15, -0.1) is 0 Å². The number of nitrogens with zero attached hydrogens (tertiary/aromatic N) is 3. The van der Waals surface area contributed by atoms with Crippen LogP contribution in [-0.4, -0.2) is 45.6 Å². The highest BCUT2D eigenvalue weighted by molar-refractivity contribution is 5.76. The van der Waals surface area contributed by atoms with Crippen LogP contribution in [0, 0.1) is 12.8 Å². The lowest BCUT2D eigenvalue weighted by molar-refractivity contribution is -0.151. The molecular formula is C21H27N3O4. The maximum atomic E-state index is 12.6. The van der Waals surface area contributed by atoms with Gasteiger partial charge in [-0.1, -0.05) is 12.1 Å². The number of carbonyl (C=O) groups excluding carboxylic acids is 2. The third kappa shape index (κ3) is 4.97. The second kappa shape index (κ2) is 8.12. The van der Waals surface area contributed by atoms with Gasteiger partial charge in [0.1, 0.15) is 12.2 Å². The Morgan fingerprint density at radius 3 is 2.54 bits per heavy atom. The van der Waals surface area contributed by atoms with Crippen molar-refractivity contribution in [1.82, 2.24) is 14.9 Å². The van der Waals surface area contributed by atoms with Crippen LogP contribution in [0.3, 0.4) is 0 Å². The molecule has 1 aromatic carbocycles. The molecule has 0 N–H and O–H groups in total. The number of hydrogen-bond acceptors (Lipinski definition) is 6. The lowest BCUT2D eigenvalue weighted by Crippen LogP contribution is -2.45. The largest absolute Gasteiger partial charge is 0.459 e. The number of piperidine rings is 1. The van der Waals surface area contributed by atoms with Crippen molar-refractivity contribution < 1.29 is 19.1 Å². The average Bonchev–Trinajstić information content (AvgIpc) is 2.65. The summed E-state index contributed by atoms with van der Waals surface area (Å²) >= 11 is 0. The van der Waals surface area contributed by atoms with Gasteiger partial charge in [0.25, 0.3) is 0 Å². The first-order valence-electron chi connectivity index (χ1n) is 9.60. The summed E-state index contributed by atoms with van der Waals surface area (Å²) in [5.74, 6) is -0.669. The summed E-state index contributed by atoms with van der Waals surface area (Å²) < 4.78 is 10.9. The predicted molar refractivity (Wildman–Crippen MR) is 105 cm³/mol. The van der Waals surface area contributed by atoms with Gasteiger partial charge in [-0.25, -0.2) is 14.8 Å². The minimum Gasteiger partial charge on any atom is -0.459 e. The van der Waals surface area contributed by atoms with E-state index < -0.39 is 5.60 Å². The van der Waals surface area contributed by atoms with Crippen LogP contribution < -0.4 is 0 Å². The normalized spacial score (nSPS) is 17.4. The lowest BCUT2D eigenvalue weighted by atomic mass is 9.98. The van der Waals surface area contributed by atoms with E-state index in [2.05, 4.69) is 9.97 Å². The molecule has 0 aliphatic carbocycles. The van der Waals surface area contributed by atoms with E-state index in [1.807, 2.05) is 52.0 Å². The maximum absolute atomic E-state index is 12.6. The molecule has 150 valence electrons. The average molecular weight is 385 g/mol. The van der Waals surface area contributed by atoms with E-state index in [-0.39, 0.29) is 24.6 Å². The molecule has 1 aliphatic heterocycles. The molecule has 28 heavy (non-hydrogen) atoms. The van der Waals surface area contributed by atoms with Crippen molar-refractivity contribution in [3.63, 3.8) is 0 Å². The first-order chi connectivity index (χ1) is 13.2. The van der Waals surface area contributed by atoms with E-state index in [0.717, 1.165) is 23.1 Å². The van der Waals surface area contributed by atoms with Gasteiger partial charge in [0.15, 0.2) is 0 Å². The zero-order valence-electron chi connectivity index (χ0n) is 16.9. The van der Waals surface area contributed by atoms with E-state index in [9.17, 15) is 9.59 Å². The minimum absolute atomic E-state index is 0.0748. The van der Waals surface area contributed by atoms with Crippen molar-refractivity contribution in [3.05, 3.63) is 35.7 Å². The topological polar surface area (TPSA) is 81.6 Å². The van der Waals surface area contributed by atoms with Crippen LogP contribution in [0.25, 0.3) is 11.0 Å². The molecule has 0 spiro atoms. The van der Waals surface area contributed by atoms with Crippen molar-refractivity contribution in [2.75, 3.05) is 13.1 Å². The molecule has 0 radical (unpaired) electrons. The molecule has 1 atom stereocenters. The number of fused-ring (bicyclic) bond motifs is 1. The highest BCUT2D eigenvalue weighted by atomic mass is 16.6. The Kier molecular flexibility index (Phi) is 5.82. The first-order valence-corrected chi connectivity index (χ1v) is 9.60. The number of aromatic nitrogens is 2. The Labute approximate surface area is 165 Å². The Morgan fingerprint density at radius 1 is 1.18 bits per heavy atom. The number of likely N-dealkylation sites (tertiary alicyclic amines) is 1. The van der Waals surface area contributed by atoms with Crippen molar-refractivity contribution in [2.24, 2.45) is 5.92 Å². The van der Waals surface area contributed by atoms with Gasteiger partial charge < -0.3 is 14.4 Å². The molecule has 1 amide bonds. The summed E-state index contributed by atoms with van der Waals surface area (Å²) in [5, 5.41) is 0. The number of aryl methyl sites for hydroxylation is 1. The van der Waals surface area contributed by atoms with E-state index in [0.29, 0.717) is 25.2 Å². The van der Waals surface area contributed by atoms with Gasteiger partial charge in [-0.05, 0) is 52.7 Å². The van der Waals surface area contributed by atoms with E-state index >= 15 is 0 Å². The van der Waals surface area contributed by atoms with E-state index in [4.69, 9.17) is 9.47 Å². The number of ether oxygens (including phenoxy) is 2. The molecule has 0 saturated carbocycles. The zero-order valence-corrected chi connectivity index (χ0v) is 16.9. The summed E-state index contributed by atoms with van der Waals surface area (Å²) in [6, 6.07) is 7.59. The summed E-state index contributed by atoms with van der Waals surface area (Å²) in [7, 11) is 0. The van der Waals surface area contributed by atoms with Gasteiger partial charge in [0.05, 0.1) is 28.3 Å². The number of carbonyl (C=O) groups is 2. The van der Waals surface area contributed by atoms with E-state index in [1.165, 1.54) is 0 Å². The number of esters is 1. The second-order valence-electron chi connectivity index (χ2n) is 8.12. The standard InChI is InChI=1S/C21H27N3O4/c1-14-18(23-17-10-6-5-9-16(17)22-14)13-27-19(25)15-8-7-11-24(12-15)20(26)28-21(2,3)4/h5-6,9-10,15H,7-8,11-13H2,1-4H3/t15-/m0/s1. The number of para-hydroxylation sites is 2. The molecule has 7 nitrogen and oxygen atoms in total.